The molecule has 0 aliphatic carbocycles. The molecule has 2 rings (SSSR count). The second-order valence-corrected chi connectivity index (χ2v) is 4.94. The number of aliphatic hydroxyl groups is 1. The van der Waals surface area contributed by atoms with E-state index in [4.69, 9.17) is 25.8 Å². The molecular weight excluding hydrogens is 296 g/mol. The Morgan fingerprint density at radius 3 is 2.90 bits per heavy atom. The number of rotatable bonds is 4. The van der Waals surface area contributed by atoms with E-state index in [2.05, 4.69) is 6.58 Å². The molecule has 0 radical (unpaired) electrons. The molecule has 0 spiro atoms. The third-order valence-electron chi connectivity index (χ3n) is 3.01. The van der Waals surface area contributed by atoms with Crippen molar-refractivity contribution < 1.29 is 24.1 Å². The first-order valence-electron chi connectivity index (χ1n) is 6.67. The Hall–Kier alpha value is -1.72. The Kier molecular flexibility index (Phi) is 5.09. The van der Waals surface area contributed by atoms with Gasteiger partial charge >= 0.3 is 5.97 Å². The lowest BCUT2D eigenvalue weighted by atomic mass is 10.0. The van der Waals surface area contributed by atoms with Gasteiger partial charge in [0.25, 0.3) is 0 Å². The van der Waals surface area contributed by atoms with E-state index in [0.717, 1.165) is 6.42 Å². The number of esters is 1. The molecule has 0 saturated heterocycles. The van der Waals surface area contributed by atoms with E-state index in [1.54, 1.807) is 13.0 Å². The van der Waals surface area contributed by atoms with Gasteiger partial charge in [-0.1, -0.05) is 18.2 Å². The van der Waals surface area contributed by atoms with Crippen molar-refractivity contribution in [2.45, 2.75) is 19.4 Å². The van der Waals surface area contributed by atoms with Crippen molar-refractivity contribution >= 4 is 17.6 Å². The third kappa shape index (κ3) is 3.49. The lowest BCUT2D eigenvalue weighted by Gasteiger charge is -2.16. The van der Waals surface area contributed by atoms with Crippen LogP contribution in [-0.2, 0) is 9.53 Å². The topological polar surface area (TPSA) is 65.0 Å². The summed E-state index contributed by atoms with van der Waals surface area (Å²) in [4.78, 5) is 11.6. The van der Waals surface area contributed by atoms with Crippen LogP contribution in [0.1, 0.15) is 25.0 Å². The first-order chi connectivity index (χ1) is 10.0. The van der Waals surface area contributed by atoms with E-state index >= 15 is 0 Å². The van der Waals surface area contributed by atoms with Crippen LogP contribution in [0, 0.1) is 0 Å². The maximum absolute atomic E-state index is 11.6. The van der Waals surface area contributed by atoms with Crippen LogP contribution in [0.15, 0.2) is 24.3 Å². The van der Waals surface area contributed by atoms with Gasteiger partial charge in [0, 0.05) is 6.42 Å². The summed E-state index contributed by atoms with van der Waals surface area (Å²) in [6, 6.07) is 3.13. The van der Waals surface area contributed by atoms with E-state index in [-0.39, 0.29) is 12.2 Å². The highest BCUT2D eigenvalue weighted by atomic mass is 35.5. The van der Waals surface area contributed by atoms with Gasteiger partial charge < -0.3 is 19.3 Å². The Bertz CT molecular complexity index is 555. The Labute approximate surface area is 128 Å². The number of hydrogen-bond donors (Lipinski definition) is 1. The van der Waals surface area contributed by atoms with Crippen LogP contribution in [0.5, 0.6) is 11.5 Å². The van der Waals surface area contributed by atoms with Crippen molar-refractivity contribution in [1.82, 2.24) is 0 Å². The number of halogens is 1. The van der Waals surface area contributed by atoms with Crippen LogP contribution in [0.4, 0.5) is 0 Å². The predicted octanol–water partition coefficient (Wildman–Crippen LogP) is 2.65. The SMILES string of the molecule is C=C(C(=O)OCC)C(O)c1cc(Cl)c2c(c1)OCCCO2. The van der Waals surface area contributed by atoms with Gasteiger partial charge in [-0.2, -0.15) is 0 Å². The van der Waals surface area contributed by atoms with Crippen molar-refractivity contribution in [2.24, 2.45) is 0 Å². The fourth-order valence-electron chi connectivity index (χ4n) is 1.95. The lowest BCUT2D eigenvalue weighted by molar-refractivity contribution is -0.139. The van der Waals surface area contributed by atoms with Gasteiger partial charge in [0.05, 0.1) is 30.4 Å². The molecule has 0 bridgehead atoms. The summed E-state index contributed by atoms with van der Waals surface area (Å²) in [7, 11) is 0. The standard InChI is InChI=1S/C15H17ClO5/c1-3-19-15(18)9(2)13(17)10-7-11(16)14-12(8-10)20-5-4-6-21-14/h7-8,13,17H,2-6H2,1H3. The molecule has 1 N–H and O–H groups in total. The zero-order chi connectivity index (χ0) is 15.4. The van der Waals surface area contributed by atoms with Crippen LogP contribution in [0.3, 0.4) is 0 Å². The summed E-state index contributed by atoms with van der Waals surface area (Å²) in [5.74, 6) is 0.255. The molecular formula is C15H17ClO5. The highest BCUT2D eigenvalue weighted by molar-refractivity contribution is 6.32. The largest absolute Gasteiger partial charge is 0.489 e. The molecule has 1 aromatic carbocycles. The minimum atomic E-state index is -1.21. The number of fused-ring (bicyclic) bond motifs is 1. The molecule has 0 amide bonds. The molecule has 1 heterocycles. The minimum absolute atomic E-state index is 0.0533. The highest BCUT2D eigenvalue weighted by Crippen LogP contribution is 2.40. The van der Waals surface area contributed by atoms with Crippen molar-refractivity contribution in [3.05, 3.63) is 34.9 Å². The summed E-state index contributed by atoms with van der Waals surface area (Å²) < 4.78 is 15.9. The fraction of sp³-hybridized carbons (Fsp3) is 0.400. The molecule has 0 fully saturated rings. The van der Waals surface area contributed by atoms with E-state index < -0.39 is 12.1 Å². The maximum Gasteiger partial charge on any atom is 0.336 e. The third-order valence-corrected chi connectivity index (χ3v) is 3.29. The lowest BCUT2D eigenvalue weighted by Crippen LogP contribution is -2.14. The zero-order valence-corrected chi connectivity index (χ0v) is 12.5. The molecule has 1 aromatic rings. The van der Waals surface area contributed by atoms with Crippen molar-refractivity contribution in [3.63, 3.8) is 0 Å². The number of carbonyl (C=O) groups excluding carboxylic acids is 1. The normalized spacial score (nSPS) is 15.0. The zero-order valence-electron chi connectivity index (χ0n) is 11.7. The number of aliphatic hydroxyl groups excluding tert-OH is 1. The van der Waals surface area contributed by atoms with Crippen LogP contribution in [0.2, 0.25) is 5.02 Å². The van der Waals surface area contributed by atoms with Gasteiger partial charge in [-0.3, -0.25) is 0 Å². The van der Waals surface area contributed by atoms with Crippen molar-refractivity contribution in [1.29, 1.82) is 0 Å². The summed E-state index contributed by atoms with van der Waals surface area (Å²) in [5, 5.41) is 10.5. The Morgan fingerprint density at radius 2 is 2.19 bits per heavy atom. The smallest absolute Gasteiger partial charge is 0.336 e. The van der Waals surface area contributed by atoms with Crippen LogP contribution in [0.25, 0.3) is 0 Å². The van der Waals surface area contributed by atoms with E-state index in [1.807, 2.05) is 0 Å². The summed E-state index contributed by atoms with van der Waals surface area (Å²) in [5.41, 5.74) is 0.352. The Morgan fingerprint density at radius 1 is 1.48 bits per heavy atom. The quantitative estimate of drug-likeness (QED) is 0.684. The fourth-order valence-corrected chi connectivity index (χ4v) is 2.22. The van der Waals surface area contributed by atoms with Gasteiger partial charge in [-0.05, 0) is 24.6 Å². The molecule has 1 aliphatic rings. The first kappa shape index (κ1) is 15.7. The van der Waals surface area contributed by atoms with E-state index in [1.165, 1.54) is 6.07 Å². The monoisotopic (exact) mass is 312 g/mol. The number of benzene rings is 1. The maximum atomic E-state index is 11.6. The van der Waals surface area contributed by atoms with Gasteiger partial charge in [-0.15, -0.1) is 0 Å². The van der Waals surface area contributed by atoms with Crippen LogP contribution < -0.4 is 9.47 Å². The predicted molar refractivity (Wildman–Crippen MR) is 77.8 cm³/mol. The van der Waals surface area contributed by atoms with Gasteiger partial charge in [0.1, 0.15) is 6.10 Å². The van der Waals surface area contributed by atoms with Gasteiger partial charge in [0.2, 0.25) is 0 Å². The van der Waals surface area contributed by atoms with E-state index in [0.29, 0.717) is 35.3 Å². The average molecular weight is 313 g/mol. The van der Waals surface area contributed by atoms with E-state index in [9.17, 15) is 9.90 Å². The molecule has 1 aliphatic heterocycles. The molecule has 1 atom stereocenters. The van der Waals surface area contributed by atoms with Crippen molar-refractivity contribution in [2.75, 3.05) is 19.8 Å². The van der Waals surface area contributed by atoms with Crippen LogP contribution in [-0.4, -0.2) is 30.9 Å². The minimum Gasteiger partial charge on any atom is -0.489 e. The van der Waals surface area contributed by atoms with Gasteiger partial charge in [0.15, 0.2) is 11.5 Å². The molecule has 1 unspecified atom stereocenters. The molecule has 0 aromatic heterocycles. The average Bonchev–Trinajstić information content (AvgIpc) is 2.71. The summed E-state index contributed by atoms with van der Waals surface area (Å²) in [6.45, 7) is 6.49. The van der Waals surface area contributed by atoms with Crippen molar-refractivity contribution in [3.8, 4) is 11.5 Å². The first-order valence-corrected chi connectivity index (χ1v) is 7.05. The second-order valence-electron chi connectivity index (χ2n) is 4.53. The molecule has 0 saturated carbocycles. The summed E-state index contributed by atoms with van der Waals surface area (Å²) >= 11 is 6.15. The summed E-state index contributed by atoms with van der Waals surface area (Å²) in [6.07, 6.45) is -0.461. The van der Waals surface area contributed by atoms with Gasteiger partial charge in [-0.25, -0.2) is 4.79 Å². The number of hydrogen-bond acceptors (Lipinski definition) is 5. The molecule has 5 nitrogen and oxygen atoms in total. The number of carbonyl (C=O) groups is 1. The number of ether oxygens (including phenoxy) is 3. The Balaban J connectivity index is 2.28. The molecule has 6 heteroatoms. The molecule has 21 heavy (non-hydrogen) atoms. The van der Waals surface area contributed by atoms with Crippen LogP contribution >= 0.6 is 11.6 Å². The second kappa shape index (κ2) is 6.83. The molecule has 114 valence electrons. The highest BCUT2D eigenvalue weighted by Gasteiger charge is 2.23.